The van der Waals surface area contributed by atoms with Gasteiger partial charge in [0.2, 0.25) is 5.91 Å². The van der Waals surface area contributed by atoms with E-state index in [9.17, 15) is 14.9 Å². The maximum Gasteiger partial charge on any atom is 0.272 e. The minimum Gasteiger partial charge on any atom is -0.350 e. The van der Waals surface area contributed by atoms with Crippen molar-refractivity contribution in [3.63, 3.8) is 0 Å². The zero-order chi connectivity index (χ0) is 15.3. The molecule has 0 radical (unpaired) electrons. The van der Waals surface area contributed by atoms with Crippen LogP contribution in [0.3, 0.4) is 0 Å². The van der Waals surface area contributed by atoms with Crippen LogP contribution in [0.1, 0.15) is 43.9 Å². The van der Waals surface area contributed by atoms with Crippen LogP contribution in [-0.4, -0.2) is 16.9 Å². The molecule has 2 atom stereocenters. The molecule has 2 unspecified atom stereocenters. The van der Waals surface area contributed by atoms with E-state index < -0.39 is 4.92 Å². The molecule has 1 rings (SSSR count). The number of nitrogens with one attached hydrogen (secondary N) is 1. The Kier molecular flexibility index (Phi) is 7.91. The zero-order valence-corrected chi connectivity index (χ0v) is 13.3. The van der Waals surface area contributed by atoms with Crippen molar-refractivity contribution in [3.05, 3.63) is 39.4 Å². The molecule has 1 amide bonds. The highest BCUT2D eigenvalue weighted by atomic mass is 35.5. The second-order valence-corrected chi connectivity index (χ2v) is 5.11. The molecule has 0 aliphatic rings. The van der Waals surface area contributed by atoms with Crippen molar-refractivity contribution >= 4 is 24.0 Å². The number of aryl methyl sites for hydroxylation is 1. The molecule has 0 aromatic heterocycles. The van der Waals surface area contributed by atoms with Crippen LogP contribution in [-0.2, 0) is 4.79 Å². The first kappa shape index (κ1) is 19.3. The third-order valence-electron chi connectivity index (χ3n) is 3.13. The van der Waals surface area contributed by atoms with Crippen LogP contribution in [0.25, 0.3) is 0 Å². The fraction of sp³-hybridized carbons (Fsp3) is 0.500. The first-order valence-corrected chi connectivity index (χ1v) is 6.61. The summed E-state index contributed by atoms with van der Waals surface area (Å²) < 4.78 is 0. The number of amides is 1. The van der Waals surface area contributed by atoms with Crippen molar-refractivity contribution in [2.45, 2.75) is 45.7 Å². The third-order valence-corrected chi connectivity index (χ3v) is 3.13. The summed E-state index contributed by atoms with van der Waals surface area (Å²) in [6.45, 7) is 5.34. The van der Waals surface area contributed by atoms with Crippen LogP contribution in [0.4, 0.5) is 5.69 Å². The van der Waals surface area contributed by atoms with E-state index in [2.05, 4.69) is 5.32 Å². The molecule has 21 heavy (non-hydrogen) atoms. The fourth-order valence-corrected chi connectivity index (χ4v) is 1.85. The summed E-state index contributed by atoms with van der Waals surface area (Å²) in [7, 11) is 0. The molecule has 0 aliphatic heterocycles. The fourth-order valence-electron chi connectivity index (χ4n) is 1.85. The molecule has 1 aromatic rings. The van der Waals surface area contributed by atoms with Gasteiger partial charge in [-0.05, 0) is 32.8 Å². The highest BCUT2D eigenvalue weighted by Crippen LogP contribution is 2.23. The van der Waals surface area contributed by atoms with E-state index in [0.29, 0.717) is 18.4 Å². The minimum atomic E-state index is -0.413. The first-order chi connectivity index (χ1) is 9.31. The molecule has 0 saturated carbocycles. The van der Waals surface area contributed by atoms with E-state index in [1.165, 1.54) is 6.07 Å². The number of carbonyl (C=O) groups is 1. The molecule has 3 N–H and O–H groups in total. The van der Waals surface area contributed by atoms with Crippen molar-refractivity contribution in [3.8, 4) is 0 Å². The van der Waals surface area contributed by atoms with Crippen LogP contribution >= 0.6 is 12.4 Å². The summed E-state index contributed by atoms with van der Waals surface area (Å²) in [5.41, 5.74) is 6.99. The summed E-state index contributed by atoms with van der Waals surface area (Å²) in [6, 6.07) is 4.70. The van der Waals surface area contributed by atoms with Crippen LogP contribution in [0.15, 0.2) is 18.2 Å². The predicted molar refractivity (Wildman–Crippen MR) is 84.5 cm³/mol. The third kappa shape index (κ3) is 6.10. The molecule has 0 saturated heterocycles. The number of nitro groups is 1. The van der Waals surface area contributed by atoms with Gasteiger partial charge in [-0.15, -0.1) is 12.4 Å². The van der Waals surface area contributed by atoms with Gasteiger partial charge in [0.05, 0.1) is 11.0 Å². The first-order valence-electron chi connectivity index (χ1n) is 6.61. The Labute approximate surface area is 130 Å². The van der Waals surface area contributed by atoms with E-state index in [1.807, 2.05) is 6.92 Å². The molecule has 7 heteroatoms. The second kappa shape index (κ2) is 8.59. The van der Waals surface area contributed by atoms with Gasteiger partial charge < -0.3 is 11.1 Å². The van der Waals surface area contributed by atoms with Crippen LogP contribution in [0, 0.1) is 17.0 Å². The number of nitrogens with two attached hydrogens (primary N) is 1. The summed E-state index contributed by atoms with van der Waals surface area (Å²) in [6.07, 6.45) is 0.975. The van der Waals surface area contributed by atoms with Crippen molar-refractivity contribution < 1.29 is 9.72 Å². The lowest BCUT2D eigenvalue weighted by Gasteiger charge is -2.15. The Morgan fingerprint density at radius 3 is 2.57 bits per heavy atom. The van der Waals surface area contributed by atoms with Gasteiger partial charge in [0, 0.05) is 24.1 Å². The second-order valence-electron chi connectivity index (χ2n) is 5.11. The quantitative estimate of drug-likeness (QED) is 0.622. The SMILES string of the molecule is Cc1ccc(C(C)NC(=O)CCC(C)N)cc1[N+](=O)[O-].Cl. The van der Waals surface area contributed by atoms with Gasteiger partial charge in [0.15, 0.2) is 0 Å². The zero-order valence-electron chi connectivity index (χ0n) is 12.5. The average molecular weight is 316 g/mol. The lowest BCUT2D eigenvalue weighted by Crippen LogP contribution is -2.28. The lowest BCUT2D eigenvalue weighted by atomic mass is 10.0. The van der Waals surface area contributed by atoms with E-state index in [4.69, 9.17) is 5.73 Å². The summed E-state index contributed by atoms with van der Waals surface area (Å²) in [4.78, 5) is 22.2. The van der Waals surface area contributed by atoms with Crippen molar-refractivity contribution in [2.24, 2.45) is 5.73 Å². The normalized spacial score (nSPS) is 13.0. The van der Waals surface area contributed by atoms with Gasteiger partial charge in [-0.3, -0.25) is 14.9 Å². The number of nitro benzene ring substituents is 1. The Hall–Kier alpha value is -1.66. The number of nitrogens with zero attached hydrogens (tertiary/aromatic N) is 1. The minimum absolute atomic E-state index is 0. The van der Waals surface area contributed by atoms with Crippen LogP contribution < -0.4 is 11.1 Å². The smallest absolute Gasteiger partial charge is 0.272 e. The molecule has 0 heterocycles. The maximum atomic E-state index is 11.7. The highest BCUT2D eigenvalue weighted by molar-refractivity contribution is 5.85. The van der Waals surface area contributed by atoms with Gasteiger partial charge in [0.1, 0.15) is 0 Å². The van der Waals surface area contributed by atoms with E-state index in [-0.39, 0.29) is 36.1 Å². The maximum absolute atomic E-state index is 11.7. The van der Waals surface area contributed by atoms with Crippen LogP contribution in [0.5, 0.6) is 0 Å². The number of carbonyl (C=O) groups excluding carboxylic acids is 1. The molecular formula is C14H22ClN3O3. The molecule has 0 fully saturated rings. The number of benzene rings is 1. The predicted octanol–water partition coefficient (Wildman–Crippen LogP) is 2.63. The number of rotatable bonds is 6. The van der Waals surface area contributed by atoms with Gasteiger partial charge in [-0.25, -0.2) is 0 Å². The molecule has 0 bridgehead atoms. The average Bonchev–Trinajstić information content (AvgIpc) is 2.36. The number of hydrogen-bond acceptors (Lipinski definition) is 4. The molecule has 0 spiro atoms. The van der Waals surface area contributed by atoms with Crippen molar-refractivity contribution in [1.82, 2.24) is 5.32 Å². The van der Waals surface area contributed by atoms with Gasteiger partial charge in [-0.1, -0.05) is 12.1 Å². The van der Waals surface area contributed by atoms with Crippen molar-refractivity contribution in [1.29, 1.82) is 0 Å². The standard InChI is InChI=1S/C14H21N3O3.ClH/c1-9-4-6-12(8-13(9)17(19)20)11(3)16-14(18)7-5-10(2)15;/h4,6,8,10-11H,5,7,15H2,1-3H3,(H,16,18);1H. The highest BCUT2D eigenvalue weighted by Gasteiger charge is 2.15. The summed E-state index contributed by atoms with van der Waals surface area (Å²) >= 11 is 0. The van der Waals surface area contributed by atoms with E-state index in [0.717, 1.165) is 5.56 Å². The molecule has 0 aliphatic carbocycles. The molecule has 6 nitrogen and oxygen atoms in total. The van der Waals surface area contributed by atoms with Crippen molar-refractivity contribution in [2.75, 3.05) is 0 Å². The molecular weight excluding hydrogens is 294 g/mol. The number of hydrogen-bond donors (Lipinski definition) is 2. The monoisotopic (exact) mass is 315 g/mol. The Bertz CT molecular complexity index is 506. The van der Waals surface area contributed by atoms with Gasteiger partial charge >= 0.3 is 0 Å². The topological polar surface area (TPSA) is 98.3 Å². The van der Waals surface area contributed by atoms with Crippen LogP contribution in [0.2, 0.25) is 0 Å². The largest absolute Gasteiger partial charge is 0.350 e. The summed E-state index contributed by atoms with van der Waals surface area (Å²) in [5.74, 6) is -0.0990. The summed E-state index contributed by atoms with van der Waals surface area (Å²) in [5, 5.41) is 13.7. The Morgan fingerprint density at radius 1 is 1.43 bits per heavy atom. The number of halogens is 1. The lowest BCUT2D eigenvalue weighted by molar-refractivity contribution is -0.385. The van der Waals surface area contributed by atoms with Gasteiger partial charge in [-0.2, -0.15) is 0 Å². The molecule has 118 valence electrons. The van der Waals surface area contributed by atoms with Gasteiger partial charge in [0.25, 0.3) is 5.69 Å². The Morgan fingerprint density at radius 2 is 2.05 bits per heavy atom. The van der Waals surface area contributed by atoms with E-state index >= 15 is 0 Å². The molecule has 1 aromatic carbocycles. The van der Waals surface area contributed by atoms with E-state index in [1.54, 1.807) is 26.0 Å². The Balaban J connectivity index is 0.00000400.